The van der Waals surface area contributed by atoms with Crippen molar-refractivity contribution < 1.29 is 23.9 Å². The van der Waals surface area contributed by atoms with Gasteiger partial charge in [-0.2, -0.15) is 0 Å². The molecule has 0 saturated carbocycles. The third-order valence-corrected chi connectivity index (χ3v) is 8.49. The molecule has 3 aromatic carbocycles. The summed E-state index contributed by atoms with van der Waals surface area (Å²) in [5, 5.41) is 3.06. The Balaban J connectivity index is 1.52. The molecule has 1 saturated heterocycles. The molecule has 4 aliphatic heterocycles. The van der Waals surface area contributed by atoms with E-state index in [-0.39, 0.29) is 24.3 Å². The lowest BCUT2D eigenvalue weighted by Gasteiger charge is -2.38. The lowest BCUT2D eigenvalue weighted by Crippen LogP contribution is -2.51. The molecule has 4 atom stereocenters. The molecule has 0 radical (unpaired) electrons. The van der Waals surface area contributed by atoms with Crippen molar-refractivity contribution in [3.05, 3.63) is 89.5 Å². The summed E-state index contributed by atoms with van der Waals surface area (Å²) in [7, 11) is 0. The van der Waals surface area contributed by atoms with Crippen molar-refractivity contribution in [2.45, 2.75) is 38.3 Å². The molecule has 3 aromatic rings. The van der Waals surface area contributed by atoms with Gasteiger partial charge in [0.05, 0.1) is 12.0 Å². The second-order valence-electron chi connectivity index (χ2n) is 11.6. The number of ether oxygens (including phenoxy) is 2. The molecule has 0 aromatic heterocycles. The molecule has 39 heavy (non-hydrogen) atoms. The minimum absolute atomic E-state index is 0.0820. The number of nitrogens with zero attached hydrogens (tertiary/aromatic N) is 1. The van der Waals surface area contributed by atoms with Crippen LogP contribution in [-0.2, 0) is 15.0 Å². The largest absolute Gasteiger partial charge is 0.454 e. The van der Waals surface area contributed by atoms with Crippen LogP contribution in [0.2, 0.25) is 0 Å². The maximum Gasteiger partial charge on any atom is 0.238 e. The van der Waals surface area contributed by atoms with Crippen LogP contribution in [0.25, 0.3) is 6.08 Å². The first-order valence-corrected chi connectivity index (χ1v) is 13.2. The molecule has 7 heteroatoms. The Hall–Kier alpha value is -4.39. The Morgan fingerprint density at radius 2 is 1.72 bits per heavy atom. The summed E-state index contributed by atoms with van der Waals surface area (Å²) < 4.78 is 11.0. The van der Waals surface area contributed by atoms with Crippen LogP contribution in [0.5, 0.6) is 11.5 Å². The molecular formula is C32H28N2O5. The van der Waals surface area contributed by atoms with E-state index in [1.54, 1.807) is 18.2 Å². The Kier molecular flexibility index (Phi) is 4.90. The van der Waals surface area contributed by atoms with Gasteiger partial charge in [0, 0.05) is 22.4 Å². The first-order chi connectivity index (χ1) is 18.7. The summed E-state index contributed by atoms with van der Waals surface area (Å²) in [5.41, 5.74) is 1.48. The third kappa shape index (κ3) is 3.13. The van der Waals surface area contributed by atoms with Crippen molar-refractivity contribution in [2.75, 3.05) is 17.0 Å². The predicted octanol–water partition coefficient (Wildman–Crippen LogP) is 5.00. The van der Waals surface area contributed by atoms with Crippen molar-refractivity contribution in [2.24, 2.45) is 11.3 Å². The standard InChI is InChI=1S/C32H28N2O5/c1-31(2,3)29(36)27-26(28(35)19-12-14-23-24(16-19)39-17-38-23)32(20-9-5-6-10-21(20)33-30(32)37)25-15-13-18-8-4-7-11-22(18)34(25)27/h4-16,25-27H,17H2,1-3H3,(H,33,37)/t25-,26-,27+,32-/m1/s1. The summed E-state index contributed by atoms with van der Waals surface area (Å²) in [5.74, 6) is -0.590. The molecule has 0 unspecified atom stereocenters. The van der Waals surface area contributed by atoms with E-state index >= 15 is 0 Å². The average molecular weight is 521 g/mol. The second-order valence-corrected chi connectivity index (χ2v) is 11.6. The first-order valence-electron chi connectivity index (χ1n) is 13.2. The van der Waals surface area contributed by atoms with Crippen LogP contribution < -0.4 is 19.7 Å². The van der Waals surface area contributed by atoms with Crippen LogP contribution in [-0.4, -0.2) is 36.4 Å². The number of ketones is 2. The van der Waals surface area contributed by atoms with Gasteiger partial charge in [0.15, 0.2) is 23.1 Å². The quantitative estimate of drug-likeness (QED) is 0.489. The Labute approximate surface area is 226 Å². The van der Waals surface area contributed by atoms with Crippen molar-refractivity contribution in [1.29, 1.82) is 0 Å². The van der Waals surface area contributed by atoms with Crippen LogP contribution in [0.15, 0.2) is 72.8 Å². The van der Waals surface area contributed by atoms with E-state index in [0.29, 0.717) is 22.7 Å². The van der Waals surface area contributed by atoms with Gasteiger partial charge in [-0.3, -0.25) is 14.4 Å². The van der Waals surface area contributed by atoms with E-state index in [2.05, 4.69) is 5.32 Å². The molecule has 196 valence electrons. The van der Waals surface area contributed by atoms with Gasteiger partial charge in [0.25, 0.3) is 0 Å². The number of rotatable bonds is 3. The van der Waals surface area contributed by atoms with Gasteiger partial charge in [-0.25, -0.2) is 0 Å². The number of hydrogen-bond acceptors (Lipinski definition) is 6. The van der Waals surface area contributed by atoms with Gasteiger partial charge in [-0.05, 0) is 41.5 Å². The number of nitrogens with one attached hydrogen (secondary N) is 1. The van der Waals surface area contributed by atoms with Crippen LogP contribution >= 0.6 is 0 Å². The molecule has 7 nitrogen and oxygen atoms in total. The number of benzene rings is 3. The smallest absolute Gasteiger partial charge is 0.238 e. The Bertz CT molecular complexity index is 1600. The number of carbonyl (C=O) groups is 3. The zero-order chi connectivity index (χ0) is 27.1. The molecule has 4 heterocycles. The minimum Gasteiger partial charge on any atom is -0.454 e. The molecule has 1 amide bonds. The second kappa shape index (κ2) is 8.06. The Morgan fingerprint density at radius 3 is 2.54 bits per heavy atom. The monoisotopic (exact) mass is 520 g/mol. The zero-order valence-electron chi connectivity index (χ0n) is 21.9. The lowest BCUT2D eigenvalue weighted by atomic mass is 9.63. The van der Waals surface area contributed by atoms with E-state index in [0.717, 1.165) is 16.8 Å². The van der Waals surface area contributed by atoms with Gasteiger partial charge in [0.1, 0.15) is 11.5 Å². The van der Waals surface area contributed by atoms with Gasteiger partial charge in [0.2, 0.25) is 12.7 Å². The fourth-order valence-corrected chi connectivity index (χ4v) is 6.79. The summed E-state index contributed by atoms with van der Waals surface area (Å²) >= 11 is 0. The number of anilines is 2. The summed E-state index contributed by atoms with van der Waals surface area (Å²) in [6, 6.07) is 19.0. The molecule has 4 aliphatic rings. The van der Waals surface area contributed by atoms with E-state index in [4.69, 9.17) is 9.47 Å². The summed E-state index contributed by atoms with van der Waals surface area (Å²) in [4.78, 5) is 45.5. The van der Waals surface area contributed by atoms with E-state index < -0.39 is 28.8 Å². The number of fused-ring (bicyclic) bond motifs is 7. The van der Waals surface area contributed by atoms with E-state index in [9.17, 15) is 14.4 Å². The van der Waals surface area contributed by atoms with Crippen molar-refractivity contribution in [1.82, 2.24) is 0 Å². The van der Waals surface area contributed by atoms with Crippen LogP contribution in [0.4, 0.5) is 11.4 Å². The molecule has 0 bridgehead atoms. The fourth-order valence-electron chi connectivity index (χ4n) is 6.79. The van der Waals surface area contributed by atoms with Gasteiger partial charge in [-0.15, -0.1) is 0 Å². The van der Waals surface area contributed by atoms with Crippen LogP contribution in [0, 0.1) is 11.3 Å². The molecule has 7 rings (SSSR count). The van der Waals surface area contributed by atoms with E-state index in [1.807, 2.05) is 86.4 Å². The highest BCUT2D eigenvalue weighted by Gasteiger charge is 2.70. The zero-order valence-corrected chi connectivity index (χ0v) is 21.9. The maximum atomic E-state index is 14.8. The molecule has 0 aliphatic carbocycles. The first kappa shape index (κ1) is 23.7. The van der Waals surface area contributed by atoms with Gasteiger partial charge >= 0.3 is 0 Å². The predicted molar refractivity (Wildman–Crippen MR) is 147 cm³/mol. The molecule has 1 N–H and O–H groups in total. The fraction of sp³-hybridized carbons (Fsp3) is 0.281. The van der Waals surface area contributed by atoms with Gasteiger partial charge < -0.3 is 19.7 Å². The highest BCUT2D eigenvalue weighted by Crippen LogP contribution is 2.58. The summed E-state index contributed by atoms with van der Waals surface area (Å²) in [6.07, 6.45) is 3.98. The highest BCUT2D eigenvalue weighted by atomic mass is 16.7. The minimum atomic E-state index is -1.32. The van der Waals surface area contributed by atoms with Gasteiger partial charge in [-0.1, -0.05) is 69.3 Å². The average Bonchev–Trinajstić information content (AvgIpc) is 3.60. The topological polar surface area (TPSA) is 84.9 Å². The third-order valence-electron chi connectivity index (χ3n) is 8.49. The SMILES string of the molecule is CC(C)(C)C(=O)[C@@H]1[C@H](C(=O)c2ccc3c(c2)OCO3)[C@]2(C(=O)Nc3ccccc32)[C@H]2C=Cc3ccccc3N12. The van der Waals surface area contributed by atoms with Crippen molar-refractivity contribution in [3.8, 4) is 11.5 Å². The van der Waals surface area contributed by atoms with E-state index in [1.165, 1.54) is 0 Å². The maximum absolute atomic E-state index is 14.8. The number of para-hydroxylation sites is 2. The number of carbonyl (C=O) groups excluding carboxylic acids is 3. The van der Waals surface area contributed by atoms with Crippen LogP contribution in [0.1, 0.15) is 42.3 Å². The molecular weight excluding hydrogens is 492 g/mol. The number of amides is 1. The van der Waals surface area contributed by atoms with Crippen LogP contribution in [0.3, 0.4) is 0 Å². The number of hydrogen-bond donors (Lipinski definition) is 1. The van der Waals surface area contributed by atoms with Crippen molar-refractivity contribution in [3.63, 3.8) is 0 Å². The molecule has 1 spiro atoms. The highest BCUT2D eigenvalue weighted by molar-refractivity contribution is 6.17. The van der Waals surface area contributed by atoms with Crippen molar-refractivity contribution >= 4 is 34.9 Å². The molecule has 1 fully saturated rings. The Morgan fingerprint density at radius 1 is 0.974 bits per heavy atom. The summed E-state index contributed by atoms with van der Waals surface area (Å²) in [6.45, 7) is 5.68. The lowest BCUT2D eigenvalue weighted by molar-refractivity contribution is -0.128. The normalized spacial score (nSPS) is 25.8. The number of Topliss-reactive ketones (excluding diaryl/α,β-unsaturated/α-hetero) is 2.